The third kappa shape index (κ3) is 4.41. The Morgan fingerprint density at radius 2 is 1.60 bits per heavy atom. The minimum Gasteiger partial charge on any atom is -0.484 e. The van der Waals surface area contributed by atoms with E-state index in [1.165, 1.54) is 19.3 Å². The van der Waals surface area contributed by atoms with Gasteiger partial charge in [-0.05, 0) is 30.5 Å². The standard InChI is InChI=1S/C30H37N2O3/c33-30(24-10-4-1-5-11-24,25-12-6-2-7-13-25)29-31-20-27(35-29)21-32-18-16-23(17-19-32)28(22-32)34-26-14-8-3-9-15-26/h1,3-5,8-11,14-15,20,23,25,28,33H,2,6-7,12-13,16-19,21-22H2/q+1/t23?,28-,30-,32?/m0/s1. The largest absolute Gasteiger partial charge is 0.484 e. The Kier molecular flexibility index (Phi) is 6.15. The fourth-order valence-electron chi connectivity index (χ4n) is 6.88. The Hall–Kier alpha value is -2.63. The number of aromatic nitrogens is 1. The molecule has 2 atom stereocenters. The highest BCUT2D eigenvalue weighted by Crippen LogP contribution is 2.44. The molecule has 35 heavy (non-hydrogen) atoms. The highest BCUT2D eigenvalue weighted by atomic mass is 16.5. The maximum absolute atomic E-state index is 12.2. The van der Waals surface area contributed by atoms with Crippen molar-refractivity contribution in [1.29, 1.82) is 0 Å². The van der Waals surface area contributed by atoms with Crippen LogP contribution >= 0.6 is 0 Å². The Bertz CT molecular complexity index is 1100. The minimum atomic E-state index is -1.17. The lowest BCUT2D eigenvalue weighted by molar-refractivity contribution is -0.958. The van der Waals surface area contributed by atoms with Crippen LogP contribution in [-0.4, -0.2) is 40.3 Å². The van der Waals surface area contributed by atoms with Gasteiger partial charge in [-0.2, -0.15) is 0 Å². The van der Waals surface area contributed by atoms with E-state index < -0.39 is 5.60 Å². The zero-order valence-corrected chi connectivity index (χ0v) is 20.5. The molecule has 4 aliphatic rings. The predicted molar refractivity (Wildman–Crippen MR) is 135 cm³/mol. The first-order valence-electron chi connectivity index (χ1n) is 13.4. The quantitative estimate of drug-likeness (QED) is 0.449. The van der Waals surface area contributed by atoms with E-state index in [0.717, 1.165) is 73.4 Å². The lowest BCUT2D eigenvalue weighted by Gasteiger charge is -2.51. The van der Waals surface area contributed by atoms with Gasteiger partial charge in [-0.1, -0.05) is 67.8 Å². The van der Waals surface area contributed by atoms with Gasteiger partial charge in [-0.3, -0.25) is 0 Å². The molecule has 2 bridgehead atoms. The van der Waals surface area contributed by atoms with Crippen molar-refractivity contribution in [3.8, 4) is 5.75 Å². The van der Waals surface area contributed by atoms with Crippen molar-refractivity contribution < 1.29 is 18.7 Å². The van der Waals surface area contributed by atoms with Gasteiger partial charge in [-0.25, -0.2) is 4.98 Å². The molecule has 2 aromatic carbocycles. The van der Waals surface area contributed by atoms with E-state index in [-0.39, 0.29) is 12.0 Å². The summed E-state index contributed by atoms with van der Waals surface area (Å²) >= 11 is 0. The number of rotatable bonds is 7. The second-order valence-electron chi connectivity index (χ2n) is 11.0. The number of nitrogens with zero attached hydrogens (tertiary/aromatic N) is 2. The number of quaternary nitrogens is 1. The minimum absolute atomic E-state index is 0.131. The van der Waals surface area contributed by atoms with Gasteiger partial charge in [0.15, 0.2) is 17.5 Å². The second-order valence-corrected chi connectivity index (χ2v) is 11.0. The number of ether oxygens (including phenoxy) is 1. The first kappa shape index (κ1) is 22.8. The highest BCUT2D eigenvalue weighted by Gasteiger charge is 2.49. The number of benzene rings is 2. The van der Waals surface area contributed by atoms with E-state index in [1.54, 1.807) is 0 Å². The van der Waals surface area contributed by atoms with Gasteiger partial charge in [0.05, 0.1) is 19.3 Å². The molecule has 7 rings (SSSR count). The van der Waals surface area contributed by atoms with E-state index in [9.17, 15) is 5.11 Å². The molecule has 184 valence electrons. The Morgan fingerprint density at radius 1 is 0.914 bits per heavy atom. The van der Waals surface area contributed by atoms with Crippen molar-refractivity contribution in [3.63, 3.8) is 0 Å². The third-order valence-electron chi connectivity index (χ3n) is 8.85. The fraction of sp³-hybridized carbons (Fsp3) is 0.500. The molecule has 0 spiro atoms. The lowest BCUT2D eigenvalue weighted by Crippen LogP contribution is -2.64. The first-order valence-corrected chi connectivity index (χ1v) is 13.4. The lowest BCUT2D eigenvalue weighted by atomic mass is 9.73. The fourth-order valence-corrected chi connectivity index (χ4v) is 6.88. The summed E-state index contributed by atoms with van der Waals surface area (Å²) in [7, 11) is 0. The molecule has 1 saturated carbocycles. The van der Waals surface area contributed by atoms with Gasteiger partial charge in [0, 0.05) is 24.7 Å². The molecule has 4 heterocycles. The average molecular weight is 474 g/mol. The second kappa shape index (κ2) is 9.44. The summed E-state index contributed by atoms with van der Waals surface area (Å²) in [5.74, 6) is 3.07. The third-order valence-corrected chi connectivity index (χ3v) is 8.85. The van der Waals surface area contributed by atoms with Crippen molar-refractivity contribution in [1.82, 2.24) is 4.98 Å². The molecule has 4 fully saturated rings. The van der Waals surface area contributed by atoms with Crippen molar-refractivity contribution >= 4 is 0 Å². The van der Waals surface area contributed by atoms with Crippen molar-refractivity contribution in [2.24, 2.45) is 11.8 Å². The Labute approximate surface area is 208 Å². The molecule has 0 unspecified atom stereocenters. The number of piperidine rings is 3. The van der Waals surface area contributed by atoms with E-state index in [4.69, 9.17) is 14.1 Å². The summed E-state index contributed by atoms with van der Waals surface area (Å²) in [6, 6.07) is 20.2. The van der Waals surface area contributed by atoms with Gasteiger partial charge in [-0.15, -0.1) is 0 Å². The monoisotopic (exact) mass is 473 g/mol. The topological polar surface area (TPSA) is 55.5 Å². The van der Waals surface area contributed by atoms with Crippen molar-refractivity contribution in [2.75, 3.05) is 19.6 Å². The molecule has 0 amide bonds. The molecular weight excluding hydrogens is 436 g/mol. The van der Waals surface area contributed by atoms with Crippen LogP contribution in [0.1, 0.15) is 62.2 Å². The first-order chi connectivity index (χ1) is 17.1. The summed E-state index contributed by atoms with van der Waals surface area (Å²) in [5.41, 5.74) is -0.282. The van der Waals surface area contributed by atoms with Crippen molar-refractivity contribution in [2.45, 2.75) is 63.2 Å². The zero-order valence-electron chi connectivity index (χ0n) is 20.5. The Balaban J connectivity index is 1.24. The van der Waals surface area contributed by atoms with E-state index >= 15 is 0 Å². The summed E-state index contributed by atoms with van der Waals surface area (Å²) < 4.78 is 13.9. The highest BCUT2D eigenvalue weighted by molar-refractivity contribution is 5.30. The molecule has 5 nitrogen and oxygen atoms in total. The van der Waals surface area contributed by atoms with Crippen LogP contribution in [0.25, 0.3) is 0 Å². The van der Waals surface area contributed by atoms with Gasteiger partial charge in [0.1, 0.15) is 18.8 Å². The molecule has 3 saturated heterocycles. The number of para-hydroxylation sites is 1. The number of oxazole rings is 1. The zero-order chi connectivity index (χ0) is 23.7. The number of aliphatic hydroxyl groups is 1. The summed E-state index contributed by atoms with van der Waals surface area (Å²) in [4.78, 5) is 4.71. The summed E-state index contributed by atoms with van der Waals surface area (Å²) in [5, 5.41) is 12.2. The molecular formula is C30H37N2O3+. The van der Waals surface area contributed by atoms with Crippen LogP contribution < -0.4 is 4.74 Å². The van der Waals surface area contributed by atoms with E-state index in [1.807, 2.05) is 54.7 Å². The molecule has 3 aromatic rings. The average Bonchev–Trinajstić information content (AvgIpc) is 3.39. The molecule has 1 aromatic heterocycles. The molecule has 0 radical (unpaired) electrons. The van der Waals surface area contributed by atoms with Crippen LogP contribution in [0.5, 0.6) is 5.75 Å². The van der Waals surface area contributed by atoms with Crippen LogP contribution in [0.15, 0.2) is 71.3 Å². The van der Waals surface area contributed by atoms with Gasteiger partial charge in [0.2, 0.25) is 5.89 Å². The van der Waals surface area contributed by atoms with Gasteiger partial charge in [0.25, 0.3) is 0 Å². The smallest absolute Gasteiger partial charge is 0.231 e. The summed E-state index contributed by atoms with van der Waals surface area (Å²) in [6.07, 6.45) is 10.0. The van der Waals surface area contributed by atoms with Crippen LogP contribution in [0.4, 0.5) is 0 Å². The van der Waals surface area contributed by atoms with Crippen LogP contribution in [0, 0.1) is 11.8 Å². The molecule has 3 aliphatic heterocycles. The maximum atomic E-state index is 12.2. The summed E-state index contributed by atoms with van der Waals surface area (Å²) in [6.45, 7) is 4.12. The Morgan fingerprint density at radius 3 is 2.31 bits per heavy atom. The van der Waals surface area contributed by atoms with Crippen LogP contribution in [0.2, 0.25) is 0 Å². The van der Waals surface area contributed by atoms with Gasteiger partial charge >= 0.3 is 0 Å². The number of hydrogen-bond donors (Lipinski definition) is 1. The predicted octanol–water partition coefficient (Wildman–Crippen LogP) is 5.68. The number of hydrogen-bond acceptors (Lipinski definition) is 4. The van der Waals surface area contributed by atoms with Crippen molar-refractivity contribution in [3.05, 3.63) is 84.1 Å². The van der Waals surface area contributed by atoms with Gasteiger partial charge < -0.3 is 18.7 Å². The number of fused-ring (bicyclic) bond motifs is 3. The molecule has 5 heteroatoms. The van der Waals surface area contributed by atoms with Crippen LogP contribution in [0.3, 0.4) is 0 Å². The molecule has 1 aliphatic carbocycles. The van der Waals surface area contributed by atoms with Crippen LogP contribution in [-0.2, 0) is 12.1 Å². The molecule has 1 N–H and O–H groups in total. The van der Waals surface area contributed by atoms with E-state index in [2.05, 4.69) is 12.1 Å². The maximum Gasteiger partial charge on any atom is 0.231 e. The normalized spacial score (nSPS) is 28.5. The van der Waals surface area contributed by atoms with E-state index in [0.29, 0.717) is 11.8 Å². The SMILES string of the molecule is O[C@](c1ccccc1)(c1ncc(C[N+]23CCC(CC2)[C@@H](Oc2ccccc2)C3)o1)C1CCCCC1.